The van der Waals surface area contributed by atoms with Crippen LogP contribution in [-0.4, -0.2) is 71.6 Å². The van der Waals surface area contributed by atoms with Crippen molar-refractivity contribution in [1.29, 1.82) is 0 Å². The first-order chi connectivity index (χ1) is 25.4. The third-order valence-electron chi connectivity index (χ3n) is 12.0. The first-order valence-electron chi connectivity index (χ1n) is 19.3. The number of non-ortho nitro benzene ring substituents is 1. The fraction of sp³-hybridized carbons (Fsp3) is 0.537. The Kier molecular flexibility index (Phi) is 10.1. The van der Waals surface area contributed by atoms with Gasteiger partial charge in [0.1, 0.15) is 5.82 Å². The molecule has 0 unspecified atom stereocenters. The molecule has 1 aromatic heterocycles. The Morgan fingerprint density at radius 1 is 0.796 bits per heavy atom. The summed E-state index contributed by atoms with van der Waals surface area (Å²) >= 11 is 0. The van der Waals surface area contributed by atoms with Crippen molar-refractivity contribution < 1.29 is 21.8 Å². The summed E-state index contributed by atoms with van der Waals surface area (Å²) < 4.78 is 61.0. The van der Waals surface area contributed by atoms with Gasteiger partial charge in [0.2, 0.25) is 10.0 Å². The van der Waals surface area contributed by atoms with Crippen molar-refractivity contribution in [1.82, 2.24) is 18.2 Å². The third kappa shape index (κ3) is 7.12. The molecule has 3 fully saturated rings. The van der Waals surface area contributed by atoms with Crippen LogP contribution in [-0.2, 0) is 37.3 Å². The zero-order valence-corrected chi connectivity index (χ0v) is 33.9. The highest BCUT2D eigenvalue weighted by molar-refractivity contribution is 7.90. The fourth-order valence-corrected chi connectivity index (χ4v) is 12.4. The normalized spacial score (nSPS) is 23.0. The number of hydrogen-bond donors (Lipinski definition) is 0. The van der Waals surface area contributed by atoms with E-state index >= 15 is 0 Å². The molecule has 11 nitrogen and oxygen atoms in total. The van der Waals surface area contributed by atoms with Crippen molar-refractivity contribution in [3.8, 4) is 0 Å². The van der Waals surface area contributed by atoms with Gasteiger partial charge in [-0.2, -0.15) is 4.31 Å². The lowest BCUT2D eigenvalue weighted by atomic mass is 9.70. The molecular weight excluding hydrogens is 723 g/mol. The standard InChI is InChI=1S/C41H53N5O6S2/c1-40(2,3)29-14-19-32(20-15-29)53(49,50)44-27-28-10-8-24-43-25-9-11-34(39(28)43)36(44)12-7-13-38-42-35-23-18-31(46(47)48)26-37(35)45(38)54(51,52)33-21-16-30(17-22-33)41(4,5)6/h14-23,26,28,34,36,39H,7-13,24-25,27H2,1-6H3/t28-,34+,36+,39-/m0/s1. The van der Waals surface area contributed by atoms with Crippen LogP contribution in [0.5, 0.6) is 0 Å². The van der Waals surface area contributed by atoms with Crippen molar-refractivity contribution in [3.05, 3.63) is 93.8 Å². The van der Waals surface area contributed by atoms with Gasteiger partial charge in [-0.1, -0.05) is 65.8 Å². The molecule has 0 aliphatic carbocycles. The maximum Gasteiger partial charge on any atom is 0.271 e. The number of aromatic nitrogens is 2. The van der Waals surface area contributed by atoms with E-state index in [4.69, 9.17) is 4.98 Å². The molecule has 3 aliphatic heterocycles. The second-order valence-electron chi connectivity index (χ2n) is 17.5. The molecule has 0 radical (unpaired) electrons. The van der Waals surface area contributed by atoms with Gasteiger partial charge in [0, 0.05) is 37.2 Å². The number of sulfonamides is 1. The highest BCUT2D eigenvalue weighted by Gasteiger charge is 2.51. The van der Waals surface area contributed by atoms with Gasteiger partial charge in [0.05, 0.1) is 25.7 Å². The summed E-state index contributed by atoms with van der Waals surface area (Å²) in [6.45, 7) is 15.0. The van der Waals surface area contributed by atoms with Gasteiger partial charge in [-0.25, -0.2) is 25.8 Å². The molecule has 0 N–H and O–H groups in total. The van der Waals surface area contributed by atoms with Crippen LogP contribution in [0.15, 0.2) is 76.5 Å². The lowest BCUT2D eigenvalue weighted by molar-refractivity contribution is -0.384. The minimum absolute atomic E-state index is 0.0650. The molecule has 13 heteroatoms. The van der Waals surface area contributed by atoms with E-state index < -0.39 is 25.0 Å². The van der Waals surface area contributed by atoms with Crippen LogP contribution >= 0.6 is 0 Å². The summed E-state index contributed by atoms with van der Waals surface area (Å²) in [6, 6.07) is 18.3. The Balaban J connectivity index is 1.24. The summed E-state index contributed by atoms with van der Waals surface area (Å²) in [7, 11) is -8.04. The van der Waals surface area contributed by atoms with Gasteiger partial charge >= 0.3 is 0 Å². The number of benzene rings is 3. The Labute approximate surface area is 320 Å². The summed E-state index contributed by atoms with van der Waals surface area (Å²) in [4.78, 5) is 18.9. The van der Waals surface area contributed by atoms with Gasteiger partial charge in [-0.3, -0.25) is 15.0 Å². The van der Waals surface area contributed by atoms with Gasteiger partial charge in [0.15, 0.2) is 0 Å². The zero-order chi connectivity index (χ0) is 38.8. The molecule has 4 atom stereocenters. The summed E-state index contributed by atoms with van der Waals surface area (Å²) in [5.74, 6) is 0.695. The van der Waals surface area contributed by atoms with E-state index in [0.29, 0.717) is 35.8 Å². The third-order valence-corrected chi connectivity index (χ3v) is 15.6. The van der Waals surface area contributed by atoms with E-state index in [9.17, 15) is 26.9 Å². The maximum absolute atomic E-state index is 14.6. The lowest BCUT2D eigenvalue weighted by Gasteiger charge is -2.57. The number of fused-ring (bicyclic) bond motifs is 1. The molecule has 3 aliphatic rings. The molecule has 3 aromatic carbocycles. The monoisotopic (exact) mass is 775 g/mol. The Morgan fingerprint density at radius 3 is 1.94 bits per heavy atom. The molecule has 0 saturated carbocycles. The molecule has 54 heavy (non-hydrogen) atoms. The molecule has 4 aromatic rings. The zero-order valence-electron chi connectivity index (χ0n) is 32.2. The number of imidazole rings is 1. The molecule has 0 bridgehead atoms. The Hall–Kier alpha value is -3.65. The van der Waals surface area contributed by atoms with E-state index in [1.165, 1.54) is 18.2 Å². The largest absolute Gasteiger partial charge is 0.300 e. The van der Waals surface area contributed by atoms with E-state index in [1.54, 1.807) is 40.7 Å². The second-order valence-corrected chi connectivity index (χ2v) is 21.2. The number of nitro groups is 1. The van der Waals surface area contributed by atoms with E-state index in [1.807, 2.05) is 12.1 Å². The quantitative estimate of drug-likeness (QED) is 0.125. The number of piperidine rings is 3. The van der Waals surface area contributed by atoms with Crippen LogP contribution in [0.1, 0.15) is 97.0 Å². The second kappa shape index (κ2) is 14.1. The van der Waals surface area contributed by atoms with Crippen molar-refractivity contribution in [2.75, 3.05) is 19.6 Å². The molecule has 7 rings (SSSR count). The van der Waals surface area contributed by atoms with Crippen LogP contribution in [0.3, 0.4) is 0 Å². The van der Waals surface area contributed by atoms with Crippen molar-refractivity contribution >= 4 is 36.8 Å². The number of rotatable bonds is 9. The average molecular weight is 776 g/mol. The summed E-state index contributed by atoms with van der Waals surface area (Å²) in [6.07, 6.45) is 5.29. The van der Waals surface area contributed by atoms with Crippen molar-refractivity contribution in [2.45, 2.75) is 119 Å². The predicted octanol–water partition coefficient (Wildman–Crippen LogP) is 7.66. The Bertz CT molecular complexity index is 2250. The molecule has 4 heterocycles. The van der Waals surface area contributed by atoms with Crippen LogP contribution in [0.4, 0.5) is 5.69 Å². The molecule has 0 amide bonds. The lowest BCUT2D eigenvalue weighted by Crippen LogP contribution is -2.65. The van der Waals surface area contributed by atoms with Gasteiger partial charge in [-0.05, 0) is 116 Å². The SMILES string of the molecule is CC(C)(C)c1ccc(S(=O)(=O)N2C[C@@H]3CCCN4CCC[C@@H]([C@H]34)[C@H]2CCCc2nc3ccc([N+](=O)[O-])cc3n2S(=O)(=O)c2ccc(C(C)(C)C)cc2)cc1. The van der Waals surface area contributed by atoms with Crippen LogP contribution in [0, 0.1) is 22.0 Å². The minimum atomic E-state index is -4.21. The van der Waals surface area contributed by atoms with Crippen molar-refractivity contribution in [2.24, 2.45) is 11.8 Å². The van der Waals surface area contributed by atoms with E-state index in [2.05, 4.69) is 46.4 Å². The van der Waals surface area contributed by atoms with E-state index in [-0.39, 0.29) is 57.1 Å². The average Bonchev–Trinajstić information content (AvgIpc) is 3.50. The van der Waals surface area contributed by atoms with Crippen molar-refractivity contribution in [3.63, 3.8) is 0 Å². The Morgan fingerprint density at radius 2 is 1.37 bits per heavy atom. The molecular formula is C41H53N5O6S2. The minimum Gasteiger partial charge on any atom is -0.300 e. The number of nitrogens with zero attached hydrogens (tertiary/aromatic N) is 5. The van der Waals surface area contributed by atoms with Gasteiger partial charge < -0.3 is 0 Å². The van der Waals surface area contributed by atoms with Crippen LogP contribution in [0.2, 0.25) is 0 Å². The summed E-state index contributed by atoms with van der Waals surface area (Å²) in [5.41, 5.74) is 2.02. The first-order valence-corrected chi connectivity index (χ1v) is 22.1. The molecule has 0 spiro atoms. The van der Waals surface area contributed by atoms with E-state index in [0.717, 1.165) is 53.9 Å². The van der Waals surface area contributed by atoms with Crippen LogP contribution in [0.25, 0.3) is 11.0 Å². The molecule has 3 saturated heterocycles. The van der Waals surface area contributed by atoms with Gasteiger partial charge in [-0.15, -0.1) is 0 Å². The number of nitro benzene ring substituents is 1. The van der Waals surface area contributed by atoms with Gasteiger partial charge in [0.25, 0.3) is 15.7 Å². The predicted molar refractivity (Wildman–Crippen MR) is 211 cm³/mol. The fourth-order valence-electron chi connectivity index (χ4n) is 9.19. The topological polar surface area (TPSA) is 136 Å². The maximum atomic E-state index is 14.6. The highest BCUT2D eigenvalue weighted by Crippen LogP contribution is 2.45. The smallest absolute Gasteiger partial charge is 0.271 e. The highest BCUT2D eigenvalue weighted by atomic mass is 32.2. The van der Waals surface area contributed by atoms with Crippen LogP contribution < -0.4 is 0 Å². The number of aryl methyl sites for hydroxylation is 1. The summed E-state index contributed by atoms with van der Waals surface area (Å²) in [5, 5.41) is 11.8. The first kappa shape index (κ1) is 38.6. The molecule has 290 valence electrons. The number of hydrogen-bond acceptors (Lipinski definition) is 8.